The lowest BCUT2D eigenvalue weighted by Gasteiger charge is -2.13. The molecule has 45 heavy (non-hydrogen) atoms. The molecule has 0 saturated carbocycles. The number of nitrogens with zero attached hydrogens (tertiary/aromatic N) is 4. The smallest absolute Gasteiger partial charge is 0.164 e. The summed E-state index contributed by atoms with van der Waals surface area (Å²) < 4.78 is 6.37. The van der Waals surface area contributed by atoms with Crippen LogP contribution in [-0.2, 0) is 0 Å². The highest BCUT2D eigenvalue weighted by molar-refractivity contribution is 6.15. The predicted octanol–water partition coefficient (Wildman–Crippen LogP) is 10.1. The molecule has 0 atom stereocenters. The summed E-state index contributed by atoms with van der Waals surface area (Å²) >= 11 is 0. The Morgan fingerprint density at radius 1 is 0.422 bits per heavy atom. The molecule has 210 valence electrons. The zero-order chi connectivity index (χ0) is 29.7. The fourth-order valence-corrected chi connectivity index (χ4v) is 6.29. The first-order valence-electron chi connectivity index (χ1n) is 14.9. The van der Waals surface area contributed by atoms with Crippen LogP contribution >= 0.6 is 0 Å². The van der Waals surface area contributed by atoms with E-state index in [1.54, 1.807) is 6.20 Å². The minimum Gasteiger partial charge on any atom is -0.456 e. The van der Waals surface area contributed by atoms with E-state index in [9.17, 15) is 0 Å². The summed E-state index contributed by atoms with van der Waals surface area (Å²) in [7, 11) is 0. The standard InChI is InChI=1S/C40H24N4O/c1-3-10-25(11-4-1)29-18-19-32(31-15-8-7-14-30(29)31)39-42-38(26-12-5-2-6-13-26)43-40(44-39)33-16-9-17-35-37(33)34-22-28-24-41-21-20-27(28)23-36(34)45-35/h1-24H. The number of fused-ring (bicyclic) bond motifs is 5. The van der Waals surface area contributed by atoms with Crippen molar-refractivity contribution in [3.05, 3.63) is 146 Å². The number of aromatic nitrogens is 4. The molecule has 0 aliphatic carbocycles. The van der Waals surface area contributed by atoms with Crippen molar-refractivity contribution in [3.63, 3.8) is 0 Å². The van der Waals surface area contributed by atoms with Gasteiger partial charge in [-0.1, -0.05) is 103 Å². The van der Waals surface area contributed by atoms with Gasteiger partial charge < -0.3 is 4.42 Å². The minimum atomic E-state index is 0.592. The Labute approximate surface area is 258 Å². The van der Waals surface area contributed by atoms with Crippen LogP contribution < -0.4 is 0 Å². The molecular weight excluding hydrogens is 552 g/mol. The van der Waals surface area contributed by atoms with Crippen LogP contribution in [0.5, 0.6) is 0 Å². The molecule has 0 spiro atoms. The fourth-order valence-electron chi connectivity index (χ4n) is 6.29. The van der Waals surface area contributed by atoms with Crippen molar-refractivity contribution in [1.82, 2.24) is 19.9 Å². The fraction of sp³-hybridized carbons (Fsp3) is 0. The molecule has 0 aliphatic heterocycles. The van der Waals surface area contributed by atoms with E-state index in [1.807, 2.05) is 60.8 Å². The molecule has 5 heteroatoms. The summed E-state index contributed by atoms with van der Waals surface area (Å²) in [4.78, 5) is 19.7. The quantitative estimate of drug-likeness (QED) is 0.209. The van der Waals surface area contributed by atoms with Crippen molar-refractivity contribution >= 4 is 43.5 Å². The van der Waals surface area contributed by atoms with Crippen LogP contribution in [0.25, 0.3) is 88.8 Å². The Morgan fingerprint density at radius 2 is 1.09 bits per heavy atom. The lowest BCUT2D eigenvalue weighted by atomic mass is 9.94. The molecule has 6 aromatic carbocycles. The van der Waals surface area contributed by atoms with E-state index in [0.29, 0.717) is 17.5 Å². The van der Waals surface area contributed by atoms with Crippen molar-refractivity contribution in [1.29, 1.82) is 0 Å². The van der Waals surface area contributed by atoms with E-state index in [-0.39, 0.29) is 0 Å². The van der Waals surface area contributed by atoms with Gasteiger partial charge in [0.15, 0.2) is 17.5 Å². The van der Waals surface area contributed by atoms with Gasteiger partial charge in [-0.3, -0.25) is 4.98 Å². The monoisotopic (exact) mass is 576 g/mol. The zero-order valence-corrected chi connectivity index (χ0v) is 24.1. The number of hydrogen-bond acceptors (Lipinski definition) is 5. The van der Waals surface area contributed by atoms with E-state index in [4.69, 9.17) is 19.4 Å². The highest BCUT2D eigenvalue weighted by atomic mass is 16.3. The number of rotatable bonds is 4. The predicted molar refractivity (Wildman–Crippen MR) is 182 cm³/mol. The van der Waals surface area contributed by atoms with Crippen LogP contribution in [-0.4, -0.2) is 19.9 Å². The van der Waals surface area contributed by atoms with Crippen molar-refractivity contribution in [2.75, 3.05) is 0 Å². The molecule has 0 radical (unpaired) electrons. The van der Waals surface area contributed by atoms with E-state index in [2.05, 4.69) is 83.8 Å². The molecule has 5 nitrogen and oxygen atoms in total. The maximum atomic E-state index is 6.37. The number of furan rings is 1. The van der Waals surface area contributed by atoms with Crippen LogP contribution in [0.2, 0.25) is 0 Å². The molecule has 0 unspecified atom stereocenters. The Morgan fingerprint density at radius 3 is 1.89 bits per heavy atom. The van der Waals surface area contributed by atoms with Crippen molar-refractivity contribution < 1.29 is 4.42 Å². The first-order valence-corrected chi connectivity index (χ1v) is 14.9. The average Bonchev–Trinajstić information content (AvgIpc) is 3.48. The summed E-state index contributed by atoms with van der Waals surface area (Å²) in [5.74, 6) is 1.83. The SMILES string of the molecule is c1ccc(-c2nc(-c3ccc(-c4ccccc4)c4ccccc34)nc(-c3cccc4oc5cc6ccncc6cc5c34)n2)cc1. The van der Waals surface area contributed by atoms with Crippen molar-refractivity contribution in [3.8, 4) is 45.3 Å². The molecule has 0 amide bonds. The van der Waals surface area contributed by atoms with E-state index in [1.165, 1.54) is 11.1 Å². The molecule has 0 N–H and O–H groups in total. The highest BCUT2D eigenvalue weighted by Gasteiger charge is 2.19. The van der Waals surface area contributed by atoms with Gasteiger partial charge in [-0.05, 0) is 57.6 Å². The third kappa shape index (κ3) is 4.25. The zero-order valence-electron chi connectivity index (χ0n) is 24.1. The van der Waals surface area contributed by atoms with Gasteiger partial charge in [-0.25, -0.2) is 15.0 Å². The summed E-state index contributed by atoms with van der Waals surface area (Å²) in [6, 6.07) is 45.6. The van der Waals surface area contributed by atoms with Crippen molar-refractivity contribution in [2.45, 2.75) is 0 Å². The maximum absolute atomic E-state index is 6.37. The van der Waals surface area contributed by atoms with Gasteiger partial charge in [0.25, 0.3) is 0 Å². The van der Waals surface area contributed by atoms with Crippen LogP contribution in [0.1, 0.15) is 0 Å². The third-order valence-corrected chi connectivity index (χ3v) is 8.41. The number of hydrogen-bond donors (Lipinski definition) is 0. The van der Waals surface area contributed by atoms with Gasteiger partial charge in [0.05, 0.1) is 0 Å². The Hall–Kier alpha value is -6.20. The lowest BCUT2D eigenvalue weighted by Crippen LogP contribution is -2.01. The van der Waals surface area contributed by atoms with E-state index >= 15 is 0 Å². The van der Waals surface area contributed by atoms with Crippen LogP contribution in [0.4, 0.5) is 0 Å². The van der Waals surface area contributed by atoms with Gasteiger partial charge in [0.1, 0.15) is 11.2 Å². The third-order valence-electron chi connectivity index (χ3n) is 8.41. The summed E-state index contributed by atoms with van der Waals surface area (Å²) in [6.45, 7) is 0. The van der Waals surface area contributed by atoms with Gasteiger partial charge >= 0.3 is 0 Å². The molecular formula is C40H24N4O. The summed E-state index contributed by atoms with van der Waals surface area (Å²) in [5.41, 5.74) is 6.70. The highest BCUT2D eigenvalue weighted by Crippen LogP contribution is 2.39. The number of pyridine rings is 1. The minimum absolute atomic E-state index is 0.592. The number of benzene rings is 6. The van der Waals surface area contributed by atoms with Crippen LogP contribution in [0.15, 0.2) is 150 Å². The van der Waals surface area contributed by atoms with Crippen molar-refractivity contribution in [2.24, 2.45) is 0 Å². The molecule has 9 rings (SSSR count). The molecule has 0 fully saturated rings. The second-order valence-corrected chi connectivity index (χ2v) is 11.1. The van der Waals surface area contributed by atoms with Gasteiger partial charge in [-0.2, -0.15) is 0 Å². The Bertz CT molecular complexity index is 2540. The average molecular weight is 577 g/mol. The summed E-state index contributed by atoms with van der Waals surface area (Å²) in [5, 5.41) is 6.33. The Balaban J connectivity index is 1.32. The van der Waals surface area contributed by atoms with Gasteiger partial charge in [0.2, 0.25) is 0 Å². The van der Waals surface area contributed by atoms with E-state index in [0.717, 1.165) is 60.2 Å². The second kappa shape index (κ2) is 10.2. The topological polar surface area (TPSA) is 64.7 Å². The lowest BCUT2D eigenvalue weighted by molar-refractivity contribution is 0.669. The van der Waals surface area contributed by atoms with Gasteiger partial charge in [-0.15, -0.1) is 0 Å². The molecule has 9 aromatic rings. The molecule has 0 bridgehead atoms. The normalized spacial score (nSPS) is 11.6. The summed E-state index contributed by atoms with van der Waals surface area (Å²) in [6.07, 6.45) is 3.69. The first-order chi connectivity index (χ1) is 22.3. The largest absolute Gasteiger partial charge is 0.456 e. The molecule has 3 heterocycles. The second-order valence-electron chi connectivity index (χ2n) is 11.1. The molecule has 0 saturated heterocycles. The molecule has 3 aromatic heterocycles. The van der Waals surface area contributed by atoms with E-state index < -0.39 is 0 Å². The maximum Gasteiger partial charge on any atom is 0.164 e. The van der Waals surface area contributed by atoms with Crippen LogP contribution in [0.3, 0.4) is 0 Å². The van der Waals surface area contributed by atoms with Gasteiger partial charge in [0, 0.05) is 45.2 Å². The Kier molecular flexibility index (Phi) is 5.74. The molecule has 0 aliphatic rings. The first kappa shape index (κ1) is 25.3. The van der Waals surface area contributed by atoms with Crippen LogP contribution in [0, 0.1) is 0 Å².